The molecule has 150 valence electrons. The van der Waals surface area contributed by atoms with E-state index >= 15 is 0 Å². The third-order valence-corrected chi connectivity index (χ3v) is 4.45. The summed E-state index contributed by atoms with van der Waals surface area (Å²) in [5.41, 5.74) is 9.47. The van der Waals surface area contributed by atoms with Crippen LogP contribution in [0.15, 0.2) is 54.6 Å². The lowest BCUT2D eigenvalue weighted by Crippen LogP contribution is -2.27. The minimum Gasteiger partial charge on any atom is -0.352 e. The van der Waals surface area contributed by atoms with E-state index in [2.05, 4.69) is 48.3 Å². The quantitative estimate of drug-likeness (QED) is 0.653. The van der Waals surface area contributed by atoms with E-state index in [1.54, 1.807) is 0 Å². The van der Waals surface area contributed by atoms with Gasteiger partial charge in [0.25, 0.3) is 0 Å². The van der Waals surface area contributed by atoms with E-state index in [0.717, 1.165) is 30.8 Å². The summed E-state index contributed by atoms with van der Waals surface area (Å²) < 4.78 is 0. The van der Waals surface area contributed by atoms with Crippen LogP contribution in [0.25, 0.3) is 0 Å². The van der Waals surface area contributed by atoms with Crippen LogP contribution in [0.5, 0.6) is 0 Å². The molecule has 1 amide bonds. The van der Waals surface area contributed by atoms with Gasteiger partial charge in [0.2, 0.25) is 5.91 Å². The van der Waals surface area contributed by atoms with Crippen molar-refractivity contribution < 1.29 is 4.79 Å². The van der Waals surface area contributed by atoms with Gasteiger partial charge in [-0.25, -0.2) is 0 Å². The number of carbonyl (C=O) groups is 1. The molecular formula is C21H31Cl2N3O. The summed E-state index contributed by atoms with van der Waals surface area (Å²) in [6.45, 7) is 7.95. The standard InChI is InChI=1S/C21H29N3O.2ClH/c1-3-24(4-2)16-18-12-10-17(11-13-18)15-23-21(25)14-20(22)19-8-6-5-7-9-19;;/h5-13,20H,3-4,14-16,22H2,1-2H3,(H,23,25);2*1H. The number of nitrogens with two attached hydrogens (primary N) is 1. The van der Waals surface area contributed by atoms with Gasteiger partial charge >= 0.3 is 0 Å². The summed E-state index contributed by atoms with van der Waals surface area (Å²) in [5, 5.41) is 2.95. The molecule has 0 fully saturated rings. The summed E-state index contributed by atoms with van der Waals surface area (Å²) in [5.74, 6) is -0.0245. The van der Waals surface area contributed by atoms with Gasteiger partial charge in [-0.1, -0.05) is 68.4 Å². The fourth-order valence-electron chi connectivity index (χ4n) is 2.76. The Morgan fingerprint density at radius 3 is 2.07 bits per heavy atom. The minimum atomic E-state index is -0.266. The fourth-order valence-corrected chi connectivity index (χ4v) is 2.76. The molecule has 6 heteroatoms. The van der Waals surface area contributed by atoms with Crippen molar-refractivity contribution in [2.75, 3.05) is 13.1 Å². The minimum absolute atomic E-state index is 0. The molecule has 0 saturated carbocycles. The first-order valence-electron chi connectivity index (χ1n) is 8.99. The predicted octanol–water partition coefficient (Wildman–Crippen LogP) is 4.08. The van der Waals surface area contributed by atoms with Crippen LogP contribution in [0.4, 0.5) is 0 Å². The molecular weight excluding hydrogens is 381 g/mol. The number of halogens is 2. The van der Waals surface area contributed by atoms with Crippen molar-refractivity contribution in [2.24, 2.45) is 5.73 Å². The third kappa shape index (κ3) is 8.76. The summed E-state index contributed by atoms with van der Waals surface area (Å²) in [4.78, 5) is 14.5. The van der Waals surface area contributed by atoms with E-state index in [4.69, 9.17) is 5.73 Å². The van der Waals surface area contributed by atoms with Gasteiger partial charge in [-0.05, 0) is 29.8 Å². The average molecular weight is 412 g/mol. The number of nitrogens with one attached hydrogen (secondary N) is 1. The molecule has 0 aromatic heterocycles. The van der Waals surface area contributed by atoms with Crippen molar-refractivity contribution in [2.45, 2.75) is 39.4 Å². The van der Waals surface area contributed by atoms with Gasteiger partial charge in [-0.3, -0.25) is 9.69 Å². The van der Waals surface area contributed by atoms with Gasteiger partial charge in [-0.2, -0.15) is 0 Å². The first-order chi connectivity index (χ1) is 12.1. The van der Waals surface area contributed by atoms with E-state index in [1.165, 1.54) is 5.56 Å². The molecule has 1 unspecified atom stereocenters. The van der Waals surface area contributed by atoms with E-state index in [-0.39, 0.29) is 36.8 Å². The smallest absolute Gasteiger partial charge is 0.222 e. The predicted molar refractivity (Wildman–Crippen MR) is 117 cm³/mol. The zero-order valence-electron chi connectivity index (χ0n) is 16.1. The topological polar surface area (TPSA) is 58.4 Å². The maximum atomic E-state index is 12.1. The molecule has 0 bridgehead atoms. The molecule has 4 nitrogen and oxygen atoms in total. The number of amides is 1. The molecule has 0 aliphatic rings. The van der Waals surface area contributed by atoms with Crippen LogP contribution in [0, 0.1) is 0 Å². The van der Waals surface area contributed by atoms with Crippen molar-refractivity contribution in [3.05, 3.63) is 71.3 Å². The van der Waals surface area contributed by atoms with E-state index in [1.807, 2.05) is 30.3 Å². The Hall–Kier alpha value is -1.59. The van der Waals surface area contributed by atoms with Crippen LogP contribution in [-0.4, -0.2) is 23.9 Å². The Bertz CT molecular complexity index is 646. The Balaban J connectivity index is 0.00000338. The number of benzene rings is 2. The van der Waals surface area contributed by atoms with E-state index in [9.17, 15) is 4.79 Å². The number of hydrogen-bond donors (Lipinski definition) is 2. The van der Waals surface area contributed by atoms with Crippen LogP contribution in [0.2, 0.25) is 0 Å². The molecule has 0 heterocycles. The SMILES string of the molecule is CCN(CC)Cc1ccc(CNC(=O)CC(N)c2ccccc2)cc1.Cl.Cl. The lowest BCUT2D eigenvalue weighted by atomic mass is 10.0. The number of hydrogen-bond acceptors (Lipinski definition) is 3. The number of nitrogens with zero attached hydrogens (tertiary/aromatic N) is 1. The van der Waals surface area contributed by atoms with Crippen LogP contribution < -0.4 is 11.1 Å². The van der Waals surface area contributed by atoms with Gasteiger partial charge in [0.1, 0.15) is 0 Å². The summed E-state index contributed by atoms with van der Waals surface area (Å²) in [7, 11) is 0. The fraction of sp³-hybridized carbons (Fsp3) is 0.381. The van der Waals surface area contributed by atoms with Crippen LogP contribution in [-0.2, 0) is 17.9 Å². The molecule has 0 aliphatic carbocycles. The highest BCUT2D eigenvalue weighted by Gasteiger charge is 2.11. The van der Waals surface area contributed by atoms with Gasteiger partial charge in [-0.15, -0.1) is 24.8 Å². The summed E-state index contributed by atoms with van der Waals surface area (Å²) in [6, 6.07) is 17.9. The van der Waals surface area contributed by atoms with Crippen molar-refractivity contribution in [1.29, 1.82) is 0 Å². The van der Waals surface area contributed by atoms with Gasteiger partial charge < -0.3 is 11.1 Å². The molecule has 0 saturated heterocycles. The zero-order valence-corrected chi connectivity index (χ0v) is 17.7. The highest BCUT2D eigenvalue weighted by Crippen LogP contribution is 2.13. The summed E-state index contributed by atoms with van der Waals surface area (Å²) in [6.07, 6.45) is 0.296. The Labute approximate surface area is 175 Å². The van der Waals surface area contributed by atoms with Crippen molar-refractivity contribution in [1.82, 2.24) is 10.2 Å². The number of rotatable bonds is 9. The monoisotopic (exact) mass is 411 g/mol. The lowest BCUT2D eigenvalue weighted by molar-refractivity contribution is -0.121. The molecule has 3 N–H and O–H groups in total. The first-order valence-corrected chi connectivity index (χ1v) is 8.99. The average Bonchev–Trinajstić information content (AvgIpc) is 2.66. The lowest BCUT2D eigenvalue weighted by Gasteiger charge is -2.18. The second-order valence-corrected chi connectivity index (χ2v) is 6.28. The van der Waals surface area contributed by atoms with E-state index < -0.39 is 0 Å². The summed E-state index contributed by atoms with van der Waals surface area (Å²) >= 11 is 0. The normalized spacial score (nSPS) is 11.3. The molecule has 0 aliphatic heterocycles. The van der Waals surface area contributed by atoms with Gasteiger partial charge in [0.15, 0.2) is 0 Å². The van der Waals surface area contributed by atoms with Crippen molar-refractivity contribution in [3.63, 3.8) is 0 Å². The Kier molecular flexibility index (Phi) is 12.8. The maximum Gasteiger partial charge on any atom is 0.222 e. The van der Waals surface area contributed by atoms with Gasteiger partial charge in [0, 0.05) is 25.6 Å². The van der Waals surface area contributed by atoms with Crippen LogP contribution in [0.3, 0.4) is 0 Å². The second-order valence-electron chi connectivity index (χ2n) is 6.28. The van der Waals surface area contributed by atoms with Crippen LogP contribution >= 0.6 is 24.8 Å². The molecule has 2 aromatic carbocycles. The first kappa shape index (κ1) is 25.4. The maximum absolute atomic E-state index is 12.1. The zero-order chi connectivity index (χ0) is 18.1. The highest BCUT2D eigenvalue weighted by molar-refractivity contribution is 5.85. The van der Waals surface area contributed by atoms with Crippen molar-refractivity contribution in [3.8, 4) is 0 Å². The van der Waals surface area contributed by atoms with Crippen molar-refractivity contribution >= 4 is 30.7 Å². The highest BCUT2D eigenvalue weighted by atomic mass is 35.5. The third-order valence-electron chi connectivity index (χ3n) is 4.45. The molecule has 2 aromatic rings. The van der Waals surface area contributed by atoms with Crippen LogP contribution in [0.1, 0.15) is 43.0 Å². The molecule has 27 heavy (non-hydrogen) atoms. The Morgan fingerprint density at radius 1 is 0.963 bits per heavy atom. The van der Waals surface area contributed by atoms with Gasteiger partial charge in [0.05, 0.1) is 0 Å². The van der Waals surface area contributed by atoms with E-state index in [0.29, 0.717) is 13.0 Å². The second kappa shape index (κ2) is 13.6. The number of carbonyl (C=O) groups excluding carboxylic acids is 1. The molecule has 2 rings (SSSR count). The molecule has 0 spiro atoms. The Morgan fingerprint density at radius 2 is 1.52 bits per heavy atom. The largest absolute Gasteiger partial charge is 0.352 e. The molecule has 1 atom stereocenters. The molecule has 0 radical (unpaired) electrons.